The number of rotatable bonds is 5. The van der Waals surface area contributed by atoms with E-state index < -0.39 is 5.41 Å². The maximum atomic E-state index is 12.6. The van der Waals surface area contributed by atoms with Crippen LogP contribution in [0.2, 0.25) is 0 Å². The molecule has 0 aromatic carbocycles. The standard InChI is InChI=1S/C15H18N2O3/c1-3-17(4-2)14(18)15(7-8-15)13-10-12(20-16-13)11-6-5-9-19-11/h5-6,9-10H,3-4,7-8H2,1-2H3. The van der Waals surface area contributed by atoms with E-state index >= 15 is 0 Å². The summed E-state index contributed by atoms with van der Waals surface area (Å²) in [6.07, 6.45) is 3.27. The number of aromatic nitrogens is 1. The third-order valence-corrected chi connectivity index (χ3v) is 3.97. The molecule has 0 unspecified atom stereocenters. The van der Waals surface area contributed by atoms with Crippen molar-refractivity contribution in [3.63, 3.8) is 0 Å². The molecule has 1 amide bonds. The smallest absolute Gasteiger partial charge is 0.234 e. The van der Waals surface area contributed by atoms with E-state index in [-0.39, 0.29) is 5.91 Å². The number of hydrogen-bond acceptors (Lipinski definition) is 4. The molecular weight excluding hydrogens is 256 g/mol. The SMILES string of the molecule is CCN(CC)C(=O)C1(c2cc(-c3ccco3)on2)CC1. The molecule has 1 aliphatic carbocycles. The fraction of sp³-hybridized carbons (Fsp3) is 0.467. The van der Waals surface area contributed by atoms with Crippen LogP contribution in [-0.2, 0) is 10.2 Å². The number of hydrogen-bond donors (Lipinski definition) is 0. The van der Waals surface area contributed by atoms with Crippen molar-refractivity contribution in [2.24, 2.45) is 0 Å². The van der Waals surface area contributed by atoms with Crippen LogP contribution in [0, 0.1) is 0 Å². The minimum Gasteiger partial charge on any atom is -0.461 e. The predicted molar refractivity (Wildman–Crippen MR) is 73.0 cm³/mol. The zero-order chi connectivity index (χ0) is 14.2. The molecule has 0 spiro atoms. The Morgan fingerprint density at radius 2 is 2.10 bits per heavy atom. The monoisotopic (exact) mass is 274 g/mol. The van der Waals surface area contributed by atoms with Crippen LogP contribution >= 0.6 is 0 Å². The second kappa shape index (κ2) is 4.81. The summed E-state index contributed by atoms with van der Waals surface area (Å²) >= 11 is 0. The van der Waals surface area contributed by atoms with E-state index in [1.165, 1.54) is 0 Å². The van der Waals surface area contributed by atoms with Crippen molar-refractivity contribution in [3.05, 3.63) is 30.2 Å². The molecule has 3 rings (SSSR count). The van der Waals surface area contributed by atoms with Crippen molar-refractivity contribution in [1.29, 1.82) is 0 Å². The van der Waals surface area contributed by atoms with Gasteiger partial charge in [-0.25, -0.2) is 0 Å². The molecule has 0 bridgehead atoms. The van der Waals surface area contributed by atoms with E-state index in [1.54, 1.807) is 12.3 Å². The molecule has 1 aliphatic rings. The van der Waals surface area contributed by atoms with Gasteiger partial charge in [-0.2, -0.15) is 0 Å². The van der Waals surface area contributed by atoms with Gasteiger partial charge in [0.25, 0.3) is 0 Å². The molecule has 2 heterocycles. The number of likely N-dealkylation sites (N-methyl/N-ethyl adjacent to an activating group) is 1. The molecule has 0 saturated heterocycles. The minimum atomic E-state index is -0.472. The average molecular weight is 274 g/mol. The zero-order valence-electron chi connectivity index (χ0n) is 11.8. The minimum absolute atomic E-state index is 0.154. The van der Waals surface area contributed by atoms with Crippen molar-refractivity contribution in [3.8, 4) is 11.5 Å². The fourth-order valence-corrected chi connectivity index (χ4v) is 2.55. The third kappa shape index (κ3) is 1.94. The second-order valence-electron chi connectivity index (χ2n) is 5.11. The van der Waals surface area contributed by atoms with E-state index in [9.17, 15) is 4.79 Å². The first-order valence-corrected chi connectivity index (χ1v) is 7.01. The van der Waals surface area contributed by atoms with Gasteiger partial charge in [-0.15, -0.1) is 0 Å². The van der Waals surface area contributed by atoms with Gasteiger partial charge < -0.3 is 13.8 Å². The van der Waals surface area contributed by atoms with Crippen LogP contribution in [0.25, 0.3) is 11.5 Å². The number of carbonyl (C=O) groups is 1. The van der Waals surface area contributed by atoms with E-state index in [0.717, 1.165) is 31.6 Å². The van der Waals surface area contributed by atoms with Crippen molar-refractivity contribution in [1.82, 2.24) is 10.1 Å². The van der Waals surface area contributed by atoms with Crippen LogP contribution in [-0.4, -0.2) is 29.1 Å². The van der Waals surface area contributed by atoms with Gasteiger partial charge in [-0.3, -0.25) is 4.79 Å². The number of carbonyl (C=O) groups excluding carboxylic acids is 1. The lowest BCUT2D eigenvalue weighted by Gasteiger charge is -2.23. The predicted octanol–water partition coefficient (Wildman–Crippen LogP) is 2.83. The van der Waals surface area contributed by atoms with Gasteiger partial charge in [-0.1, -0.05) is 5.16 Å². The molecule has 2 aromatic rings. The summed E-state index contributed by atoms with van der Waals surface area (Å²) in [4.78, 5) is 14.5. The first kappa shape index (κ1) is 13.0. The Bertz CT molecular complexity index is 592. The summed E-state index contributed by atoms with van der Waals surface area (Å²) in [6.45, 7) is 5.43. The molecule has 106 valence electrons. The van der Waals surface area contributed by atoms with E-state index in [0.29, 0.717) is 11.5 Å². The molecule has 0 aliphatic heterocycles. The molecule has 0 atom stereocenters. The molecule has 20 heavy (non-hydrogen) atoms. The van der Waals surface area contributed by atoms with Crippen LogP contribution in [0.15, 0.2) is 33.4 Å². The average Bonchev–Trinajstić information content (AvgIpc) is 2.92. The van der Waals surface area contributed by atoms with Gasteiger partial charge in [0, 0.05) is 19.2 Å². The van der Waals surface area contributed by atoms with Gasteiger partial charge in [0.05, 0.1) is 17.4 Å². The van der Waals surface area contributed by atoms with E-state index in [2.05, 4.69) is 5.16 Å². The summed E-state index contributed by atoms with van der Waals surface area (Å²) in [7, 11) is 0. The highest BCUT2D eigenvalue weighted by molar-refractivity contribution is 5.91. The van der Waals surface area contributed by atoms with Crippen molar-refractivity contribution in [2.75, 3.05) is 13.1 Å². The summed E-state index contributed by atoms with van der Waals surface area (Å²) in [5.41, 5.74) is 0.251. The maximum Gasteiger partial charge on any atom is 0.234 e. The molecule has 0 radical (unpaired) electrons. The second-order valence-corrected chi connectivity index (χ2v) is 5.11. The van der Waals surface area contributed by atoms with Gasteiger partial charge in [0.2, 0.25) is 11.7 Å². The van der Waals surface area contributed by atoms with E-state index in [1.807, 2.05) is 30.9 Å². The number of furan rings is 1. The molecule has 5 heteroatoms. The van der Waals surface area contributed by atoms with Crippen LogP contribution < -0.4 is 0 Å². The number of nitrogens with zero attached hydrogens (tertiary/aromatic N) is 2. The Labute approximate surface area is 117 Å². The van der Waals surface area contributed by atoms with Gasteiger partial charge in [0.1, 0.15) is 0 Å². The van der Waals surface area contributed by atoms with Gasteiger partial charge >= 0.3 is 0 Å². The first-order chi connectivity index (χ1) is 9.71. The van der Waals surface area contributed by atoms with E-state index in [4.69, 9.17) is 8.94 Å². The van der Waals surface area contributed by atoms with Crippen LogP contribution in [0.5, 0.6) is 0 Å². The Kier molecular flexibility index (Phi) is 3.12. The molecular formula is C15H18N2O3. The third-order valence-electron chi connectivity index (χ3n) is 3.97. The van der Waals surface area contributed by atoms with Crippen molar-refractivity contribution in [2.45, 2.75) is 32.1 Å². The van der Waals surface area contributed by atoms with Gasteiger partial charge in [0.15, 0.2) is 5.76 Å². The Morgan fingerprint density at radius 1 is 1.35 bits per heavy atom. The van der Waals surface area contributed by atoms with Crippen LogP contribution in [0.1, 0.15) is 32.4 Å². The quantitative estimate of drug-likeness (QED) is 0.841. The largest absolute Gasteiger partial charge is 0.461 e. The lowest BCUT2D eigenvalue weighted by Crippen LogP contribution is -2.39. The zero-order valence-corrected chi connectivity index (χ0v) is 11.8. The molecule has 5 nitrogen and oxygen atoms in total. The fourth-order valence-electron chi connectivity index (χ4n) is 2.55. The molecule has 2 aromatic heterocycles. The highest BCUT2D eigenvalue weighted by Crippen LogP contribution is 2.49. The van der Waals surface area contributed by atoms with Gasteiger partial charge in [-0.05, 0) is 38.8 Å². The lowest BCUT2D eigenvalue weighted by atomic mass is 10.00. The Hall–Kier alpha value is -2.04. The first-order valence-electron chi connectivity index (χ1n) is 7.01. The van der Waals surface area contributed by atoms with Crippen molar-refractivity contribution < 1.29 is 13.7 Å². The summed E-state index contributed by atoms with van der Waals surface area (Å²) < 4.78 is 10.6. The summed E-state index contributed by atoms with van der Waals surface area (Å²) in [5, 5.41) is 4.10. The lowest BCUT2D eigenvalue weighted by molar-refractivity contribution is -0.133. The maximum absolute atomic E-state index is 12.6. The normalized spacial score (nSPS) is 16.1. The number of amides is 1. The van der Waals surface area contributed by atoms with Crippen LogP contribution in [0.4, 0.5) is 0 Å². The van der Waals surface area contributed by atoms with Crippen LogP contribution in [0.3, 0.4) is 0 Å². The Balaban J connectivity index is 1.87. The summed E-state index contributed by atoms with van der Waals surface area (Å²) in [6, 6.07) is 5.44. The Morgan fingerprint density at radius 3 is 2.65 bits per heavy atom. The topological polar surface area (TPSA) is 59.5 Å². The molecule has 1 saturated carbocycles. The molecule has 1 fully saturated rings. The molecule has 0 N–H and O–H groups in total. The highest BCUT2D eigenvalue weighted by atomic mass is 16.5. The van der Waals surface area contributed by atoms with Crippen molar-refractivity contribution >= 4 is 5.91 Å². The highest BCUT2D eigenvalue weighted by Gasteiger charge is 2.55. The summed E-state index contributed by atoms with van der Waals surface area (Å²) in [5.74, 6) is 1.36.